The summed E-state index contributed by atoms with van der Waals surface area (Å²) >= 11 is 5.37. The van der Waals surface area contributed by atoms with E-state index in [-0.39, 0.29) is 16.7 Å². The van der Waals surface area contributed by atoms with Gasteiger partial charge in [0.2, 0.25) is 0 Å². The van der Waals surface area contributed by atoms with Gasteiger partial charge in [-0.05, 0) is 24.6 Å². The normalized spacial score (nSPS) is 11.5. The third-order valence-corrected chi connectivity index (χ3v) is 3.57. The highest BCUT2D eigenvalue weighted by Gasteiger charge is 2.14. The summed E-state index contributed by atoms with van der Waals surface area (Å²) in [6.07, 6.45) is 1.48. The van der Waals surface area contributed by atoms with E-state index >= 15 is 0 Å². The average Bonchev–Trinajstić information content (AvgIpc) is 2.04. The molecule has 0 saturated heterocycles. The summed E-state index contributed by atoms with van der Waals surface area (Å²) in [5, 5.41) is 0.105. The molecule has 0 atom stereocenters. The molecule has 0 N–H and O–H groups in total. The maximum atomic E-state index is 11.4. The average molecular weight is 220 g/mol. The van der Waals surface area contributed by atoms with Crippen LogP contribution in [0.1, 0.15) is 5.56 Å². The van der Waals surface area contributed by atoms with Crippen molar-refractivity contribution in [2.24, 2.45) is 0 Å². The van der Waals surface area contributed by atoms with Gasteiger partial charge >= 0.3 is 0 Å². The van der Waals surface area contributed by atoms with Gasteiger partial charge in [-0.1, -0.05) is 0 Å². The van der Waals surface area contributed by atoms with Gasteiger partial charge < -0.3 is 0 Å². The van der Waals surface area contributed by atoms with E-state index in [2.05, 4.69) is 4.98 Å². The van der Waals surface area contributed by atoms with Crippen molar-refractivity contribution in [3.8, 4) is 0 Å². The largest absolute Gasteiger partial charge is 0.245 e. The SMILES string of the molecule is Cc1ccnc(S(=O)(=O)CCCl)c1. The van der Waals surface area contributed by atoms with Crippen LogP contribution in [0.15, 0.2) is 23.4 Å². The van der Waals surface area contributed by atoms with Crippen molar-refractivity contribution < 1.29 is 8.42 Å². The summed E-state index contributed by atoms with van der Waals surface area (Å²) in [7, 11) is -3.28. The van der Waals surface area contributed by atoms with Gasteiger partial charge in [-0.3, -0.25) is 0 Å². The molecule has 0 spiro atoms. The Hall–Kier alpha value is -0.610. The fourth-order valence-electron chi connectivity index (χ4n) is 0.885. The molecule has 0 aromatic carbocycles. The van der Waals surface area contributed by atoms with E-state index in [1.165, 1.54) is 6.20 Å². The number of halogens is 1. The first-order valence-corrected chi connectivity index (χ1v) is 5.96. The van der Waals surface area contributed by atoms with E-state index in [0.717, 1.165) is 5.56 Å². The van der Waals surface area contributed by atoms with E-state index < -0.39 is 9.84 Å². The topological polar surface area (TPSA) is 47.0 Å². The lowest BCUT2D eigenvalue weighted by Crippen LogP contribution is -2.09. The molecule has 1 heterocycles. The minimum absolute atomic E-state index is 0.0645. The molecule has 0 amide bonds. The van der Waals surface area contributed by atoms with Crippen molar-refractivity contribution in [1.29, 1.82) is 0 Å². The molecule has 0 bridgehead atoms. The summed E-state index contributed by atoms with van der Waals surface area (Å²) in [6.45, 7) is 1.82. The smallest absolute Gasteiger partial charge is 0.196 e. The van der Waals surface area contributed by atoms with Gasteiger partial charge in [0.1, 0.15) is 0 Å². The maximum absolute atomic E-state index is 11.4. The summed E-state index contributed by atoms with van der Waals surface area (Å²) in [4.78, 5) is 3.78. The van der Waals surface area contributed by atoms with Crippen LogP contribution in [-0.2, 0) is 9.84 Å². The molecule has 0 aliphatic heterocycles. The standard InChI is InChI=1S/C8H10ClNO2S/c1-7-2-4-10-8(6-7)13(11,12)5-3-9/h2,4,6H,3,5H2,1H3. The van der Waals surface area contributed by atoms with Crippen LogP contribution in [0.5, 0.6) is 0 Å². The summed E-state index contributed by atoms with van der Waals surface area (Å²) in [5.41, 5.74) is 0.878. The first kappa shape index (κ1) is 10.5. The summed E-state index contributed by atoms with van der Waals surface area (Å²) in [5.74, 6) is 0.0307. The Bertz CT molecular complexity index is 389. The number of rotatable bonds is 3. The Morgan fingerprint density at radius 1 is 1.54 bits per heavy atom. The Kier molecular flexibility index (Phi) is 3.27. The first-order valence-electron chi connectivity index (χ1n) is 3.77. The second-order valence-corrected chi connectivity index (χ2v) is 5.11. The summed E-state index contributed by atoms with van der Waals surface area (Å²) < 4.78 is 22.9. The van der Waals surface area contributed by atoms with E-state index in [9.17, 15) is 8.42 Å². The zero-order chi connectivity index (χ0) is 9.90. The Balaban J connectivity index is 3.08. The second-order valence-electron chi connectivity index (χ2n) is 2.68. The third-order valence-electron chi connectivity index (χ3n) is 1.55. The van der Waals surface area contributed by atoms with Crippen molar-refractivity contribution in [3.63, 3.8) is 0 Å². The van der Waals surface area contributed by atoms with Crippen molar-refractivity contribution in [3.05, 3.63) is 23.9 Å². The monoisotopic (exact) mass is 219 g/mol. The predicted octanol–water partition coefficient (Wildman–Crippen LogP) is 1.40. The lowest BCUT2D eigenvalue weighted by atomic mass is 10.3. The molecule has 0 aliphatic carbocycles. The zero-order valence-corrected chi connectivity index (χ0v) is 8.77. The number of alkyl halides is 1. The molecule has 13 heavy (non-hydrogen) atoms. The minimum atomic E-state index is -3.28. The van der Waals surface area contributed by atoms with E-state index in [1.54, 1.807) is 12.1 Å². The lowest BCUT2D eigenvalue weighted by molar-refractivity contribution is 0.593. The van der Waals surface area contributed by atoms with E-state index in [0.29, 0.717) is 0 Å². The van der Waals surface area contributed by atoms with Gasteiger partial charge in [0.05, 0.1) is 5.75 Å². The van der Waals surface area contributed by atoms with Crippen molar-refractivity contribution >= 4 is 21.4 Å². The Morgan fingerprint density at radius 3 is 2.77 bits per heavy atom. The second kappa shape index (κ2) is 4.07. The number of hydrogen-bond acceptors (Lipinski definition) is 3. The minimum Gasteiger partial charge on any atom is -0.245 e. The van der Waals surface area contributed by atoms with E-state index in [4.69, 9.17) is 11.6 Å². The maximum Gasteiger partial charge on any atom is 0.196 e. The van der Waals surface area contributed by atoms with Crippen molar-refractivity contribution in [2.75, 3.05) is 11.6 Å². The lowest BCUT2D eigenvalue weighted by Gasteiger charge is -2.01. The molecule has 5 heteroatoms. The number of nitrogens with zero attached hydrogens (tertiary/aromatic N) is 1. The predicted molar refractivity (Wildman–Crippen MR) is 51.7 cm³/mol. The first-order chi connectivity index (χ1) is 6.06. The molecule has 1 aromatic heterocycles. The number of aryl methyl sites for hydroxylation is 1. The highest BCUT2D eigenvalue weighted by atomic mass is 35.5. The Morgan fingerprint density at radius 2 is 2.23 bits per heavy atom. The van der Waals surface area contributed by atoms with Gasteiger partial charge in [0, 0.05) is 12.1 Å². The van der Waals surface area contributed by atoms with Gasteiger partial charge in [-0.2, -0.15) is 0 Å². The zero-order valence-electron chi connectivity index (χ0n) is 7.20. The molecule has 0 fully saturated rings. The molecule has 0 aliphatic rings. The molecule has 0 radical (unpaired) electrons. The Labute approximate surface area is 82.7 Å². The number of pyridine rings is 1. The molecular formula is C8H10ClNO2S. The van der Waals surface area contributed by atoms with Crippen molar-refractivity contribution in [2.45, 2.75) is 11.9 Å². The fraction of sp³-hybridized carbons (Fsp3) is 0.375. The van der Waals surface area contributed by atoms with Crippen LogP contribution in [0, 0.1) is 6.92 Å². The van der Waals surface area contributed by atoms with Gasteiger partial charge in [-0.15, -0.1) is 11.6 Å². The fourth-order valence-corrected chi connectivity index (χ4v) is 2.49. The van der Waals surface area contributed by atoms with Crippen LogP contribution in [-0.4, -0.2) is 25.0 Å². The third kappa shape index (κ3) is 2.67. The van der Waals surface area contributed by atoms with Crippen LogP contribution in [0.2, 0.25) is 0 Å². The number of hydrogen-bond donors (Lipinski definition) is 0. The molecule has 0 saturated carbocycles. The molecular weight excluding hydrogens is 210 g/mol. The summed E-state index contributed by atoms with van der Waals surface area (Å²) in [6, 6.07) is 3.29. The van der Waals surface area contributed by atoms with E-state index in [1.807, 2.05) is 6.92 Å². The van der Waals surface area contributed by atoms with Crippen LogP contribution >= 0.6 is 11.6 Å². The van der Waals surface area contributed by atoms with Crippen LogP contribution in [0.4, 0.5) is 0 Å². The molecule has 0 unspecified atom stereocenters. The molecule has 1 rings (SSSR count). The molecule has 3 nitrogen and oxygen atoms in total. The van der Waals surface area contributed by atoms with Gasteiger partial charge in [0.25, 0.3) is 0 Å². The molecule has 72 valence electrons. The number of aromatic nitrogens is 1. The highest BCUT2D eigenvalue weighted by molar-refractivity contribution is 7.91. The number of sulfone groups is 1. The molecule has 1 aromatic rings. The van der Waals surface area contributed by atoms with Crippen LogP contribution < -0.4 is 0 Å². The van der Waals surface area contributed by atoms with Gasteiger partial charge in [-0.25, -0.2) is 13.4 Å². The van der Waals surface area contributed by atoms with Crippen LogP contribution in [0.3, 0.4) is 0 Å². The quantitative estimate of drug-likeness (QED) is 0.722. The highest BCUT2D eigenvalue weighted by Crippen LogP contribution is 2.09. The van der Waals surface area contributed by atoms with Crippen molar-refractivity contribution in [1.82, 2.24) is 4.98 Å². The van der Waals surface area contributed by atoms with Crippen LogP contribution in [0.25, 0.3) is 0 Å². The van der Waals surface area contributed by atoms with Gasteiger partial charge in [0.15, 0.2) is 14.9 Å².